The van der Waals surface area contributed by atoms with Crippen LogP contribution in [0.15, 0.2) is 60.7 Å². The minimum Gasteiger partial charge on any atom is -0.426 e. The molecule has 188 valence electrons. The summed E-state index contributed by atoms with van der Waals surface area (Å²) in [6.07, 6.45) is 1.05. The van der Waals surface area contributed by atoms with E-state index in [1.54, 1.807) is 38.1 Å². The number of fused-ring (bicyclic) bond motifs is 1. The minimum absolute atomic E-state index is 0.0535. The van der Waals surface area contributed by atoms with Crippen molar-refractivity contribution in [2.75, 3.05) is 13.2 Å². The molecule has 6 nitrogen and oxygen atoms in total. The molecule has 0 saturated carbocycles. The van der Waals surface area contributed by atoms with Crippen molar-refractivity contribution >= 4 is 24.6 Å². The normalized spacial score (nSPS) is 12.7. The van der Waals surface area contributed by atoms with Crippen LogP contribution in [0.2, 0.25) is 0 Å². The topological polar surface area (TPSA) is 71.1 Å². The monoisotopic (exact) mass is 498 g/mol. The van der Waals surface area contributed by atoms with Gasteiger partial charge < -0.3 is 4.74 Å². The minimum atomic E-state index is -3.58. The Balaban J connectivity index is 1.61. The van der Waals surface area contributed by atoms with Crippen molar-refractivity contribution < 1.29 is 27.7 Å². The van der Waals surface area contributed by atoms with E-state index in [1.807, 2.05) is 13.0 Å². The molecule has 1 unspecified atom stereocenters. The van der Waals surface area contributed by atoms with Crippen molar-refractivity contribution in [1.29, 1.82) is 0 Å². The number of esters is 1. The molecule has 0 bridgehead atoms. The number of carbonyl (C=O) groups excluding carboxylic acids is 1. The fraction of sp³-hybridized carbons (Fsp3) is 0.393. The molecular formula is C28H35O6P. The van der Waals surface area contributed by atoms with E-state index in [0.717, 1.165) is 22.9 Å². The number of phosphoric acid groups is 1. The summed E-state index contributed by atoms with van der Waals surface area (Å²) in [5.41, 5.74) is 2.98. The van der Waals surface area contributed by atoms with Crippen LogP contribution in [0.25, 0.3) is 10.8 Å². The van der Waals surface area contributed by atoms with Gasteiger partial charge in [-0.3, -0.25) is 18.4 Å². The second-order valence-electron chi connectivity index (χ2n) is 8.88. The van der Waals surface area contributed by atoms with Gasteiger partial charge in [-0.15, -0.1) is 0 Å². The third-order valence-corrected chi connectivity index (χ3v) is 7.13. The lowest BCUT2D eigenvalue weighted by Crippen LogP contribution is -2.16. The molecule has 0 heterocycles. The van der Waals surface area contributed by atoms with Crippen molar-refractivity contribution in [3.63, 3.8) is 0 Å². The highest BCUT2D eigenvalue weighted by atomic mass is 31.2. The molecular weight excluding hydrogens is 463 g/mol. The van der Waals surface area contributed by atoms with E-state index in [-0.39, 0.29) is 25.8 Å². The molecule has 0 saturated heterocycles. The smallest absolute Gasteiger partial charge is 0.426 e. The number of hydrogen-bond acceptors (Lipinski definition) is 6. The Hall–Kier alpha value is -2.50. The zero-order chi connectivity index (χ0) is 25.4. The molecule has 1 atom stereocenters. The van der Waals surface area contributed by atoms with Gasteiger partial charge in [0.25, 0.3) is 0 Å². The standard InChI is InChI=1S/C28H35O6P/c1-6-31-35(30,32-7-2)33-19-22-9-14-27(15-10-22)34-28(29)21(5)24-12-13-25-17-23(16-20(3)4)8-11-26(25)18-24/h8-15,17-18,20-21H,6-7,16,19H2,1-5H3. The Morgan fingerprint density at radius 1 is 0.800 bits per heavy atom. The zero-order valence-corrected chi connectivity index (χ0v) is 22.0. The van der Waals surface area contributed by atoms with E-state index in [2.05, 4.69) is 44.2 Å². The van der Waals surface area contributed by atoms with Crippen LogP contribution in [0.4, 0.5) is 0 Å². The van der Waals surface area contributed by atoms with E-state index in [0.29, 0.717) is 11.7 Å². The van der Waals surface area contributed by atoms with Crippen molar-refractivity contribution in [1.82, 2.24) is 0 Å². The first-order valence-corrected chi connectivity index (χ1v) is 13.6. The maximum atomic E-state index is 12.8. The number of rotatable bonds is 12. The number of phosphoric ester groups is 1. The van der Waals surface area contributed by atoms with Gasteiger partial charge in [0, 0.05) is 0 Å². The summed E-state index contributed by atoms with van der Waals surface area (Å²) in [6.45, 7) is 10.2. The Bertz CT molecular complexity index is 1160. The lowest BCUT2D eigenvalue weighted by atomic mass is 9.95. The summed E-state index contributed by atoms with van der Waals surface area (Å²) in [5.74, 6) is 0.292. The van der Waals surface area contributed by atoms with Crippen molar-refractivity contribution in [2.45, 2.75) is 53.6 Å². The van der Waals surface area contributed by atoms with Gasteiger partial charge in [0.05, 0.1) is 25.7 Å². The first-order chi connectivity index (χ1) is 16.7. The Kier molecular flexibility index (Phi) is 9.64. The van der Waals surface area contributed by atoms with Gasteiger partial charge in [-0.2, -0.15) is 0 Å². The van der Waals surface area contributed by atoms with Gasteiger partial charge in [0.1, 0.15) is 5.75 Å². The summed E-state index contributed by atoms with van der Waals surface area (Å²) in [5, 5.41) is 2.28. The summed E-state index contributed by atoms with van der Waals surface area (Å²) < 4.78 is 33.6. The molecule has 0 radical (unpaired) electrons. The first-order valence-electron chi connectivity index (χ1n) is 12.1. The summed E-state index contributed by atoms with van der Waals surface area (Å²) >= 11 is 0. The molecule has 35 heavy (non-hydrogen) atoms. The molecule has 0 aliphatic heterocycles. The lowest BCUT2D eigenvalue weighted by Gasteiger charge is -2.16. The van der Waals surface area contributed by atoms with E-state index in [4.69, 9.17) is 18.3 Å². The number of hydrogen-bond donors (Lipinski definition) is 0. The molecule has 0 N–H and O–H groups in total. The second kappa shape index (κ2) is 12.5. The van der Waals surface area contributed by atoms with Gasteiger partial charge in [-0.1, -0.05) is 62.4 Å². The molecule has 3 aromatic carbocycles. The van der Waals surface area contributed by atoms with E-state index in [1.165, 1.54) is 10.9 Å². The van der Waals surface area contributed by atoms with Crippen LogP contribution in [-0.2, 0) is 36.0 Å². The third-order valence-electron chi connectivity index (χ3n) is 5.53. The summed E-state index contributed by atoms with van der Waals surface area (Å²) in [6, 6.07) is 19.5. The van der Waals surface area contributed by atoms with Crippen LogP contribution in [-0.4, -0.2) is 19.2 Å². The highest BCUT2D eigenvalue weighted by Crippen LogP contribution is 2.49. The summed E-state index contributed by atoms with van der Waals surface area (Å²) in [7, 11) is -3.58. The SMILES string of the molecule is CCOP(=O)(OCC)OCc1ccc(OC(=O)C(C)c2ccc3cc(CC(C)C)ccc3c2)cc1. The Morgan fingerprint density at radius 3 is 2.03 bits per heavy atom. The predicted molar refractivity (Wildman–Crippen MR) is 139 cm³/mol. The summed E-state index contributed by atoms with van der Waals surface area (Å²) in [4.78, 5) is 12.8. The average Bonchev–Trinajstić information content (AvgIpc) is 2.83. The highest BCUT2D eigenvalue weighted by molar-refractivity contribution is 7.48. The molecule has 0 aliphatic carbocycles. The maximum Gasteiger partial charge on any atom is 0.475 e. The third kappa shape index (κ3) is 7.74. The van der Waals surface area contributed by atoms with Gasteiger partial charge in [-0.05, 0) is 72.7 Å². The van der Waals surface area contributed by atoms with Crippen LogP contribution < -0.4 is 4.74 Å². The fourth-order valence-corrected chi connectivity index (χ4v) is 4.92. The van der Waals surface area contributed by atoms with Crippen LogP contribution in [0.1, 0.15) is 57.2 Å². The van der Waals surface area contributed by atoms with Crippen LogP contribution >= 0.6 is 7.82 Å². The zero-order valence-electron chi connectivity index (χ0n) is 21.2. The number of benzene rings is 3. The number of ether oxygens (including phenoxy) is 1. The Labute approximate surface area is 208 Å². The molecule has 0 aromatic heterocycles. The van der Waals surface area contributed by atoms with Gasteiger partial charge in [-0.25, -0.2) is 4.57 Å². The lowest BCUT2D eigenvalue weighted by molar-refractivity contribution is -0.135. The quantitative estimate of drug-likeness (QED) is 0.147. The highest BCUT2D eigenvalue weighted by Gasteiger charge is 2.25. The molecule has 0 spiro atoms. The van der Waals surface area contributed by atoms with Gasteiger partial charge in [0.2, 0.25) is 0 Å². The molecule has 3 aromatic rings. The van der Waals surface area contributed by atoms with Crippen molar-refractivity contribution in [2.24, 2.45) is 5.92 Å². The maximum absolute atomic E-state index is 12.8. The first kappa shape index (κ1) is 27.1. The average molecular weight is 499 g/mol. The molecule has 0 aliphatic rings. The van der Waals surface area contributed by atoms with Gasteiger partial charge in [0.15, 0.2) is 0 Å². The molecule has 0 amide bonds. The molecule has 0 fully saturated rings. The van der Waals surface area contributed by atoms with Crippen LogP contribution in [0, 0.1) is 5.92 Å². The van der Waals surface area contributed by atoms with E-state index >= 15 is 0 Å². The number of carbonyl (C=O) groups is 1. The van der Waals surface area contributed by atoms with Crippen molar-refractivity contribution in [3.05, 3.63) is 77.4 Å². The van der Waals surface area contributed by atoms with Crippen molar-refractivity contribution in [3.8, 4) is 5.75 Å². The second-order valence-corrected chi connectivity index (χ2v) is 10.6. The largest absolute Gasteiger partial charge is 0.475 e. The Morgan fingerprint density at radius 2 is 1.40 bits per heavy atom. The predicted octanol–water partition coefficient (Wildman–Crippen LogP) is 7.45. The van der Waals surface area contributed by atoms with Crippen LogP contribution in [0.5, 0.6) is 5.75 Å². The molecule has 7 heteroatoms. The van der Waals surface area contributed by atoms with Crippen LogP contribution in [0.3, 0.4) is 0 Å². The van der Waals surface area contributed by atoms with Gasteiger partial charge >= 0.3 is 13.8 Å². The van der Waals surface area contributed by atoms with E-state index in [9.17, 15) is 9.36 Å². The molecule has 3 rings (SSSR count). The fourth-order valence-electron chi connectivity index (χ4n) is 3.76. The van der Waals surface area contributed by atoms with E-state index < -0.39 is 13.7 Å².